The van der Waals surface area contributed by atoms with Crippen LogP contribution in [-0.4, -0.2) is 45.5 Å². The Morgan fingerprint density at radius 2 is 2.25 bits per heavy atom. The molecular weight excluding hydrogens is 304 g/mol. The maximum Gasteiger partial charge on any atom is 0.317 e. The second kappa shape index (κ2) is 7.49. The fourth-order valence-electron chi connectivity index (χ4n) is 3.23. The van der Waals surface area contributed by atoms with Crippen molar-refractivity contribution in [1.29, 1.82) is 0 Å². The van der Waals surface area contributed by atoms with Gasteiger partial charge in [0.1, 0.15) is 0 Å². The van der Waals surface area contributed by atoms with E-state index in [2.05, 4.69) is 10.4 Å². The maximum absolute atomic E-state index is 12.6. The highest BCUT2D eigenvalue weighted by Gasteiger charge is 2.24. The van der Waals surface area contributed by atoms with Gasteiger partial charge >= 0.3 is 6.03 Å². The van der Waals surface area contributed by atoms with Crippen molar-refractivity contribution >= 4 is 6.03 Å². The minimum atomic E-state index is -0.132. The molecule has 0 bridgehead atoms. The van der Waals surface area contributed by atoms with Gasteiger partial charge in [-0.2, -0.15) is 5.10 Å². The summed E-state index contributed by atoms with van der Waals surface area (Å²) in [5.74, 6) is 0.191. The highest BCUT2D eigenvalue weighted by molar-refractivity contribution is 5.75. The Bertz CT molecular complexity index is 671. The molecule has 0 aliphatic carbocycles. The number of carbonyl (C=O) groups is 1. The summed E-state index contributed by atoms with van der Waals surface area (Å²) in [5.41, 5.74) is 1.98. The summed E-state index contributed by atoms with van der Waals surface area (Å²) in [4.78, 5) is 14.4. The molecule has 128 valence electrons. The van der Waals surface area contributed by atoms with E-state index in [1.807, 2.05) is 43.5 Å². The van der Waals surface area contributed by atoms with Crippen LogP contribution in [0.4, 0.5) is 4.79 Å². The largest absolute Gasteiger partial charge is 0.396 e. The molecule has 2 amide bonds. The molecule has 6 nitrogen and oxygen atoms in total. The number of piperidine rings is 1. The van der Waals surface area contributed by atoms with Crippen molar-refractivity contribution in [3.05, 3.63) is 48.3 Å². The van der Waals surface area contributed by atoms with Crippen molar-refractivity contribution in [2.45, 2.75) is 25.8 Å². The molecule has 1 aliphatic heterocycles. The number of aliphatic hydroxyl groups is 1. The van der Waals surface area contributed by atoms with Crippen LogP contribution in [0.5, 0.6) is 0 Å². The van der Waals surface area contributed by atoms with Crippen molar-refractivity contribution in [3.63, 3.8) is 0 Å². The zero-order chi connectivity index (χ0) is 16.9. The molecule has 24 heavy (non-hydrogen) atoms. The van der Waals surface area contributed by atoms with E-state index in [1.54, 1.807) is 15.8 Å². The average Bonchev–Trinajstić information content (AvgIpc) is 3.16. The molecule has 6 heteroatoms. The molecule has 2 atom stereocenters. The summed E-state index contributed by atoms with van der Waals surface area (Å²) in [6, 6.07) is 9.60. The number of carbonyl (C=O) groups excluding carboxylic acids is 1. The van der Waals surface area contributed by atoms with Crippen LogP contribution in [0.3, 0.4) is 0 Å². The SMILES string of the molecule is CC(NC(=O)N1CCCC(CO)C1)c1ccccc1-n1cccn1. The van der Waals surface area contributed by atoms with Gasteiger partial charge in [0.15, 0.2) is 0 Å². The summed E-state index contributed by atoms with van der Waals surface area (Å²) in [6.07, 6.45) is 5.56. The number of nitrogens with one attached hydrogen (secondary N) is 1. The Balaban J connectivity index is 1.71. The van der Waals surface area contributed by atoms with Gasteiger partial charge in [0, 0.05) is 32.1 Å². The van der Waals surface area contributed by atoms with Gasteiger partial charge in [-0.25, -0.2) is 9.48 Å². The summed E-state index contributed by atoms with van der Waals surface area (Å²) >= 11 is 0. The number of urea groups is 1. The summed E-state index contributed by atoms with van der Waals surface area (Å²) < 4.78 is 1.81. The molecule has 2 N–H and O–H groups in total. The van der Waals surface area contributed by atoms with Gasteiger partial charge in [-0.1, -0.05) is 18.2 Å². The van der Waals surface area contributed by atoms with Crippen LogP contribution in [-0.2, 0) is 0 Å². The Kier molecular flexibility index (Phi) is 5.15. The van der Waals surface area contributed by atoms with Gasteiger partial charge in [-0.15, -0.1) is 0 Å². The molecule has 1 fully saturated rings. The van der Waals surface area contributed by atoms with Crippen LogP contribution in [0.25, 0.3) is 5.69 Å². The topological polar surface area (TPSA) is 70.4 Å². The molecule has 2 heterocycles. The third-order valence-electron chi connectivity index (χ3n) is 4.56. The molecule has 0 radical (unpaired) electrons. The number of hydrogen-bond donors (Lipinski definition) is 2. The summed E-state index contributed by atoms with van der Waals surface area (Å²) in [6.45, 7) is 3.49. The average molecular weight is 328 g/mol. The van der Waals surface area contributed by atoms with E-state index in [-0.39, 0.29) is 24.6 Å². The molecule has 0 spiro atoms. The quantitative estimate of drug-likeness (QED) is 0.905. The first-order valence-corrected chi connectivity index (χ1v) is 8.44. The molecule has 1 aromatic carbocycles. The van der Waals surface area contributed by atoms with Gasteiger partial charge in [-0.05, 0) is 43.4 Å². The lowest BCUT2D eigenvalue weighted by molar-refractivity contribution is 0.128. The highest BCUT2D eigenvalue weighted by atomic mass is 16.3. The first-order valence-electron chi connectivity index (χ1n) is 8.44. The van der Waals surface area contributed by atoms with Crippen molar-refractivity contribution in [1.82, 2.24) is 20.0 Å². The number of likely N-dealkylation sites (tertiary alicyclic amines) is 1. The van der Waals surface area contributed by atoms with E-state index < -0.39 is 0 Å². The van der Waals surface area contributed by atoms with Crippen LogP contribution < -0.4 is 5.32 Å². The van der Waals surface area contributed by atoms with E-state index in [1.165, 1.54) is 0 Å². The minimum Gasteiger partial charge on any atom is -0.396 e. The van der Waals surface area contributed by atoms with Gasteiger partial charge in [0.25, 0.3) is 0 Å². The third kappa shape index (κ3) is 3.59. The summed E-state index contributed by atoms with van der Waals surface area (Å²) in [5, 5.41) is 16.7. The number of amides is 2. The predicted molar refractivity (Wildman–Crippen MR) is 91.9 cm³/mol. The normalized spacial score (nSPS) is 19.1. The molecule has 1 aromatic heterocycles. The van der Waals surface area contributed by atoms with Gasteiger partial charge < -0.3 is 15.3 Å². The fourth-order valence-corrected chi connectivity index (χ4v) is 3.23. The number of nitrogens with zero attached hydrogens (tertiary/aromatic N) is 3. The van der Waals surface area contributed by atoms with Crippen LogP contribution in [0.1, 0.15) is 31.4 Å². The number of hydrogen-bond acceptors (Lipinski definition) is 3. The van der Waals surface area contributed by atoms with E-state index in [4.69, 9.17) is 0 Å². The monoisotopic (exact) mass is 328 g/mol. The first-order chi connectivity index (χ1) is 11.7. The minimum absolute atomic E-state index is 0.0732. The van der Waals surface area contributed by atoms with Gasteiger partial charge in [0.2, 0.25) is 0 Å². The van der Waals surface area contributed by atoms with Crippen LogP contribution >= 0.6 is 0 Å². The van der Waals surface area contributed by atoms with Crippen LogP contribution in [0.2, 0.25) is 0 Å². The lowest BCUT2D eigenvalue weighted by atomic mass is 9.99. The van der Waals surface area contributed by atoms with Crippen molar-refractivity contribution in [2.24, 2.45) is 5.92 Å². The van der Waals surface area contributed by atoms with Crippen LogP contribution in [0, 0.1) is 5.92 Å². The molecule has 2 unspecified atom stereocenters. The van der Waals surface area contributed by atoms with E-state index in [0.29, 0.717) is 6.54 Å². The van der Waals surface area contributed by atoms with Crippen molar-refractivity contribution in [2.75, 3.05) is 19.7 Å². The molecule has 3 rings (SSSR count). The standard InChI is InChI=1S/C18H24N4O2/c1-14(20-18(24)21-10-4-6-15(12-21)13-23)16-7-2-3-8-17(16)22-11-5-9-19-22/h2-3,5,7-9,11,14-15,23H,4,6,10,12-13H2,1H3,(H,20,24). The molecule has 1 aliphatic rings. The highest BCUT2D eigenvalue weighted by Crippen LogP contribution is 2.22. The molecule has 0 saturated carbocycles. The summed E-state index contributed by atoms with van der Waals surface area (Å²) in [7, 11) is 0. The Morgan fingerprint density at radius 3 is 3.00 bits per heavy atom. The lowest BCUT2D eigenvalue weighted by Gasteiger charge is -2.33. The van der Waals surface area contributed by atoms with Crippen molar-refractivity contribution in [3.8, 4) is 5.69 Å². The van der Waals surface area contributed by atoms with Gasteiger partial charge in [0.05, 0.1) is 11.7 Å². The Hall–Kier alpha value is -2.34. The Labute approximate surface area is 142 Å². The second-order valence-corrected chi connectivity index (χ2v) is 6.32. The first kappa shape index (κ1) is 16.5. The molecule has 1 saturated heterocycles. The number of aromatic nitrogens is 2. The van der Waals surface area contributed by atoms with E-state index in [9.17, 15) is 9.90 Å². The van der Waals surface area contributed by atoms with Crippen molar-refractivity contribution < 1.29 is 9.90 Å². The van der Waals surface area contributed by atoms with Gasteiger partial charge in [-0.3, -0.25) is 0 Å². The smallest absolute Gasteiger partial charge is 0.317 e. The zero-order valence-corrected chi connectivity index (χ0v) is 13.9. The lowest BCUT2D eigenvalue weighted by Crippen LogP contribution is -2.46. The number of aliphatic hydroxyl groups excluding tert-OH is 1. The second-order valence-electron chi connectivity index (χ2n) is 6.32. The number of rotatable bonds is 4. The fraction of sp³-hybridized carbons (Fsp3) is 0.444. The van der Waals surface area contributed by atoms with E-state index in [0.717, 1.165) is 30.6 Å². The van der Waals surface area contributed by atoms with E-state index >= 15 is 0 Å². The predicted octanol–water partition coefficient (Wildman–Crippen LogP) is 2.35. The number of para-hydroxylation sites is 1. The molecular formula is C18H24N4O2. The third-order valence-corrected chi connectivity index (χ3v) is 4.56. The van der Waals surface area contributed by atoms with Crippen LogP contribution in [0.15, 0.2) is 42.7 Å². The molecule has 2 aromatic rings. The zero-order valence-electron chi connectivity index (χ0n) is 13.9. The Morgan fingerprint density at radius 1 is 1.42 bits per heavy atom. The number of benzene rings is 1. The maximum atomic E-state index is 12.6.